The van der Waals surface area contributed by atoms with Crippen molar-refractivity contribution in [3.63, 3.8) is 0 Å². The molecule has 0 spiro atoms. The van der Waals surface area contributed by atoms with Crippen LogP contribution in [-0.2, 0) is 14.8 Å². The Morgan fingerprint density at radius 2 is 1.89 bits per heavy atom. The van der Waals surface area contributed by atoms with Crippen LogP contribution in [0.4, 0.5) is 5.69 Å². The number of halogens is 1. The summed E-state index contributed by atoms with van der Waals surface area (Å²) in [6.07, 6.45) is 7.05. The van der Waals surface area contributed by atoms with E-state index in [4.69, 9.17) is 11.6 Å². The van der Waals surface area contributed by atoms with Crippen molar-refractivity contribution < 1.29 is 13.2 Å². The Balaban J connectivity index is 1.85. The molecule has 8 heteroatoms. The second kappa shape index (κ2) is 10.3. The molecule has 6 nitrogen and oxygen atoms in total. The molecular formula is C19H30ClN3O3S. The molecule has 152 valence electrons. The highest BCUT2D eigenvalue weighted by molar-refractivity contribution is 7.92. The van der Waals surface area contributed by atoms with Crippen molar-refractivity contribution in [2.45, 2.75) is 39.0 Å². The molecule has 0 atom stereocenters. The second-order valence-corrected chi connectivity index (χ2v) is 9.48. The van der Waals surface area contributed by atoms with E-state index in [0.29, 0.717) is 17.3 Å². The highest BCUT2D eigenvalue weighted by Gasteiger charge is 2.21. The van der Waals surface area contributed by atoms with Crippen LogP contribution in [0, 0.1) is 6.92 Å². The maximum atomic E-state index is 12.3. The molecule has 0 aliphatic carbocycles. The summed E-state index contributed by atoms with van der Waals surface area (Å²) in [4.78, 5) is 14.7. The number of nitrogens with one attached hydrogen (secondary N) is 1. The molecule has 1 heterocycles. The van der Waals surface area contributed by atoms with Crippen LogP contribution in [0.15, 0.2) is 18.2 Å². The number of aryl methyl sites for hydroxylation is 1. The highest BCUT2D eigenvalue weighted by Crippen LogP contribution is 2.24. The van der Waals surface area contributed by atoms with Crippen LogP contribution in [0.3, 0.4) is 0 Å². The molecular weight excluding hydrogens is 386 g/mol. The van der Waals surface area contributed by atoms with Crippen molar-refractivity contribution in [3.05, 3.63) is 28.8 Å². The Bertz CT molecular complexity index is 732. The number of anilines is 1. The Kier molecular flexibility index (Phi) is 8.38. The molecule has 1 saturated heterocycles. The lowest BCUT2D eigenvalue weighted by Gasteiger charge is -2.23. The Hall–Kier alpha value is -1.31. The van der Waals surface area contributed by atoms with Gasteiger partial charge in [0.15, 0.2) is 0 Å². The summed E-state index contributed by atoms with van der Waals surface area (Å²) in [5.41, 5.74) is 1.25. The van der Waals surface area contributed by atoms with Crippen molar-refractivity contribution in [2.75, 3.05) is 43.3 Å². The molecule has 1 N–H and O–H groups in total. The number of amides is 1. The van der Waals surface area contributed by atoms with Gasteiger partial charge in [0.05, 0.1) is 11.9 Å². The molecule has 1 amide bonds. The average molecular weight is 416 g/mol. The van der Waals surface area contributed by atoms with Gasteiger partial charge in [0.1, 0.15) is 6.54 Å². The molecule has 0 unspecified atom stereocenters. The van der Waals surface area contributed by atoms with E-state index in [1.165, 1.54) is 25.7 Å². The minimum Gasteiger partial charge on any atom is -0.354 e. The summed E-state index contributed by atoms with van der Waals surface area (Å²) in [6, 6.07) is 4.98. The lowest BCUT2D eigenvalue weighted by atomic mass is 10.2. The fourth-order valence-corrected chi connectivity index (χ4v) is 4.24. The van der Waals surface area contributed by atoms with Gasteiger partial charge in [-0.25, -0.2) is 8.42 Å². The zero-order valence-corrected chi connectivity index (χ0v) is 17.8. The van der Waals surface area contributed by atoms with Crippen LogP contribution >= 0.6 is 11.6 Å². The Morgan fingerprint density at radius 1 is 1.22 bits per heavy atom. The fraction of sp³-hybridized carbons (Fsp3) is 0.632. The van der Waals surface area contributed by atoms with Gasteiger partial charge < -0.3 is 10.2 Å². The predicted molar refractivity (Wildman–Crippen MR) is 111 cm³/mol. The van der Waals surface area contributed by atoms with Gasteiger partial charge in [0, 0.05) is 11.6 Å². The van der Waals surface area contributed by atoms with Gasteiger partial charge in [-0.3, -0.25) is 9.10 Å². The lowest BCUT2D eigenvalue weighted by Crippen LogP contribution is -2.41. The first-order valence-corrected chi connectivity index (χ1v) is 11.7. The molecule has 1 aliphatic heterocycles. The van der Waals surface area contributed by atoms with E-state index in [2.05, 4.69) is 10.2 Å². The molecule has 0 bridgehead atoms. The van der Waals surface area contributed by atoms with Crippen molar-refractivity contribution in [3.8, 4) is 0 Å². The molecule has 0 radical (unpaired) electrons. The third-order valence-corrected chi connectivity index (χ3v) is 6.35. The number of hydrogen-bond acceptors (Lipinski definition) is 4. The van der Waals surface area contributed by atoms with E-state index in [9.17, 15) is 13.2 Å². The van der Waals surface area contributed by atoms with Crippen molar-refractivity contribution in [1.29, 1.82) is 0 Å². The normalized spacial score (nSPS) is 16.0. The number of sulfonamides is 1. The highest BCUT2D eigenvalue weighted by atomic mass is 35.5. The maximum absolute atomic E-state index is 12.3. The summed E-state index contributed by atoms with van der Waals surface area (Å²) in [6.45, 7) is 5.36. The second-order valence-electron chi connectivity index (χ2n) is 7.16. The first-order valence-electron chi connectivity index (χ1n) is 9.50. The van der Waals surface area contributed by atoms with Gasteiger partial charge in [-0.05, 0) is 63.5 Å². The van der Waals surface area contributed by atoms with Crippen LogP contribution < -0.4 is 9.62 Å². The molecule has 1 aromatic rings. The van der Waals surface area contributed by atoms with Gasteiger partial charge in [-0.1, -0.05) is 30.5 Å². The molecule has 0 aromatic heterocycles. The first-order chi connectivity index (χ1) is 12.8. The average Bonchev–Trinajstić information content (AvgIpc) is 2.87. The third-order valence-electron chi connectivity index (χ3n) is 4.80. The van der Waals surface area contributed by atoms with Crippen molar-refractivity contribution >= 4 is 33.2 Å². The topological polar surface area (TPSA) is 69.7 Å². The van der Waals surface area contributed by atoms with Crippen LogP contribution in [0.1, 0.15) is 37.7 Å². The maximum Gasteiger partial charge on any atom is 0.240 e. The third kappa shape index (κ3) is 7.31. The van der Waals surface area contributed by atoms with Gasteiger partial charge in [-0.2, -0.15) is 0 Å². The van der Waals surface area contributed by atoms with E-state index in [1.807, 2.05) is 6.92 Å². The Morgan fingerprint density at radius 3 is 2.48 bits per heavy atom. The van der Waals surface area contributed by atoms with Crippen LogP contribution in [0.25, 0.3) is 0 Å². The molecule has 27 heavy (non-hydrogen) atoms. The SMILES string of the molecule is Cc1ccc(N(CC(=O)NCCCN2CCCCCC2)S(C)(=O)=O)cc1Cl. The molecule has 1 fully saturated rings. The molecule has 0 saturated carbocycles. The summed E-state index contributed by atoms with van der Waals surface area (Å²) in [5, 5.41) is 3.30. The number of nitrogens with zero attached hydrogens (tertiary/aromatic N) is 2. The van der Waals surface area contributed by atoms with E-state index in [1.54, 1.807) is 18.2 Å². The predicted octanol–water partition coefficient (Wildman–Crippen LogP) is 2.80. The minimum atomic E-state index is -3.59. The standard InChI is InChI=1S/C19H30ClN3O3S/c1-16-8-9-17(14-18(16)20)23(27(2,25)26)15-19(24)21-10-7-13-22-11-5-3-4-6-12-22/h8-9,14H,3-7,10-13,15H2,1-2H3,(H,21,24). The summed E-state index contributed by atoms with van der Waals surface area (Å²) < 4.78 is 25.3. The monoisotopic (exact) mass is 415 g/mol. The van der Waals surface area contributed by atoms with Gasteiger partial charge in [-0.15, -0.1) is 0 Å². The quantitative estimate of drug-likeness (QED) is 0.663. The van der Waals surface area contributed by atoms with Gasteiger partial charge in [0.2, 0.25) is 15.9 Å². The summed E-state index contributed by atoms with van der Waals surface area (Å²) in [5.74, 6) is -0.312. The minimum absolute atomic E-state index is 0.248. The van der Waals surface area contributed by atoms with Crippen LogP contribution in [0.2, 0.25) is 5.02 Å². The van der Waals surface area contributed by atoms with Crippen LogP contribution in [0.5, 0.6) is 0 Å². The van der Waals surface area contributed by atoms with E-state index in [-0.39, 0.29) is 12.5 Å². The molecule has 2 rings (SSSR count). The molecule has 1 aliphatic rings. The summed E-state index contributed by atoms with van der Waals surface area (Å²) in [7, 11) is -3.59. The smallest absolute Gasteiger partial charge is 0.240 e. The zero-order chi connectivity index (χ0) is 19.9. The number of carbonyl (C=O) groups excluding carboxylic acids is 1. The summed E-state index contributed by atoms with van der Waals surface area (Å²) >= 11 is 6.11. The van der Waals surface area contributed by atoms with Gasteiger partial charge >= 0.3 is 0 Å². The van der Waals surface area contributed by atoms with Crippen molar-refractivity contribution in [2.24, 2.45) is 0 Å². The van der Waals surface area contributed by atoms with E-state index >= 15 is 0 Å². The zero-order valence-electron chi connectivity index (χ0n) is 16.2. The molecule has 1 aromatic carbocycles. The number of likely N-dealkylation sites (tertiary alicyclic amines) is 1. The largest absolute Gasteiger partial charge is 0.354 e. The Labute approximate surface area is 167 Å². The van der Waals surface area contributed by atoms with Crippen LogP contribution in [-0.4, -0.2) is 58.2 Å². The van der Waals surface area contributed by atoms with Gasteiger partial charge in [0.25, 0.3) is 0 Å². The van der Waals surface area contributed by atoms with Crippen molar-refractivity contribution in [1.82, 2.24) is 10.2 Å². The number of rotatable bonds is 8. The number of benzene rings is 1. The number of carbonyl (C=O) groups is 1. The number of hydrogen-bond donors (Lipinski definition) is 1. The van der Waals surface area contributed by atoms with E-state index in [0.717, 1.165) is 42.2 Å². The fourth-order valence-electron chi connectivity index (χ4n) is 3.21. The van der Waals surface area contributed by atoms with E-state index < -0.39 is 10.0 Å². The lowest BCUT2D eigenvalue weighted by molar-refractivity contribution is -0.119. The first kappa shape index (κ1) is 22.0.